The topological polar surface area (TPSA) is 87.9 Å². The summed E-state index contributed by atoms with van der Waals surface area (Å²) >= 11 is 0. The Morgan fingerprint density at radius 2 is 1.80 bits per heavy atom. The first-order valence-corrected chi connectivity index (χ1v) is 13.6. The summed E-state index contributed by atoms with van der Waals surface area (Å²) in [5.74, 6) is 0.940. The normalized spacial score (nSPS) is 27.1. The average molecular weight is 485 g/mol. The molecule has 0 aromatic heterocycles. The van der Waals surface area contributed by atoms with Gasteiger partial charge >= 0.3 is 0 Å². The van der Waals surface area contributed by atoms with Gasteiger partial charge in [-0.25, -0.2) is 0 Å². The van der Waals surface area contributed by atoms with E-state index in [0.717, 1.165) is 32.4 Å². The maximum atomic E-state index is 13.5. The molecule has 2 saturated carbocycles. The molecular weight excluding hydrogens is 440 g/mol. The Labute approximate surface area is 210 Å². The first-order valence-electron chi connectivity index (χ1n) is 13.6. The summed E-state index contributed by atoms with van der Waals surface area (Å²) in [5, 5.41) is 3.22. The maximum absolute atomic E-state index is 13.5. The summed E-state index contributed by atoms with van der Waals surface area (Å²) in [6.45, 7) is 5.04. The number of hydrogen-bond donors (Lipinski definition) is 2. The highest BCUT2D eigenvalue weighted by Gasteiger charge is 2.42. The van der Waals surface area contributed by atoms with Gasteiger partial charge in [0.2, 0.25) is 11.8 Å². The number of nitrogens with two attached hydrogens (primary N) is 1. The van der Waals surface area contributed by atoms with Crippen LogP contribution in [0.4, 0.5) is 0 Å². The SMILES string of the molecule is COCC(=O)N1CCC(N(Cc2ccc(C)cc2)C2CC2)C[C@@H]1C(=O)NCC1CCCC(CN)C1. The maximum Gasteiger partial charge on any atom is 0.249 e. The zero-order valence-corrected chi connectivity index (χ0v) is 21.6. The van der Waals surface area contributed by atoms with Crippen molar-refractivity contribution in [3.05, 3.63) is 35.4 Å². The Hall–Kier alpha value is -1.96. The second-order valence-electron chi connectivity index (χ2n) is 11.0. The smallest absolute Gasteiger partial charge is 0.249 e. The Balaban J connectivity index is 1.43. The third-order valence-corrected chi connectivity index (χ3v) is 8.23. The zero-order valence-electron chi connectivity index (χ0n) is 21.6. The van der Waals surface area contributed by atoms with Crippen LogP contribution in [0.15, 0.2) is 24.3 Å². The van der Waals surface area contributed by atoms with Gasteiger partial charge in [0, 0.05) is 38.8 Å². The van der Waals surface area contributed by atoms with E-state index in [9.17, 15) is 9.59 Å². The van der Waals surface area contributed by atoms with Crippen molar-refractivity contribution in [2.75, 3.05) is 33.4 Å². The minimum atomic E-state index is -0.440. The Bertz CT molecular complexity index is 841. The highest BCUT2D eigenvalue weighted by Crippen LogP contribution is 2.35. The molecule has 7 heteroatoms. The lowest BCUT2D eigenvalue weighted by molar-refractivity contribution is -0.146. The van der Waals surface area contributed by atoms with E-state index in [-0.39, 0.29) is 18.4 Å². The number of amides is 2. The molecule has 3 unspecified atom stereocenters. The predicted octanol–water partition coefficient (Wildman–Crippen LogP) is 2.85. The molecule has 1 aromatic carbocycles. The van der Waals surface area contributed by atoms with Crippen LogP contribution in [0.1, 0.15) is 62.5 Å². The van der Waals surface area contributed by atoms with Crippen molar-refractivity contribution in [1.29, 1.82) is 0 Å². The second kappa shape index (κ2) is 12.3. The number of hydrogen-bond acceptors (Lipinski definition) is 5. The quantitative estimate of drug-likeness (QED) is 0.533. The number of piperidine rings is 1. The number of benzene rings is 1. The first kappa shape index (κ1) is 26.1. The molecule has 4 rings (SSSR count). The molecule has 1 aromatic rings. The van der Waals surface area contributed by atoms with Gasteiger partial charge in [-0.1, -0.05) is 36.2 Å². The predicted molar refractivity (Wildman–Crippen MR) is 138 cm³/mol. The van der Waals surface area contributed by atoms with E-state index in [1.165, 1.54) is 43.9 Å². The molecule has 194 valence electrons. The van der Waals surface area contributed by atoms with E-state index in [4.69, 9.17) is 10.5 Å². The monoisotopic (exact) mass is 484 g/mol. The molecule has 35 heavy (non-hydrogen) atoms. The Kier molecular flexibility index (Phi) is 9.20. The molecule has 4 atom stereocenters. The van der Waals surface area contributed by atoms with Crippen molar-refractivity contribution in [3.63, 3.8) is 0 Å². The van der Waals surface area contributed by atoms with Gasteiger partial charge in [-0.2, -0.15) is 0 Å². The van der Waals surface area contributed by atoms with Crippen molar-refractivity contribution in [1.82, 2.24) is 15.1 Å². The van der Waals surface area contributed by atoms with Gasteiger partial charge in [-0.3, -0.25) is 14.5 Å². The fourth-order valence-corrected chi connectivity index (χ4v) is 6.03. The van der Waals surface area contributed by atoms with Gasteiger partial charge in [0.25, 0.3) is 0 Å². The van der Waals surface area contributed by atoms with Crippen LogP contribution in [0.2, 0.25) is 0 Å². The van der Waals surface area contributed by atoms with Crippen LogP contribution in [0, 0.1) is 18.8 Å². The lowest BCUT2D eigenvalue weighted by atomic mass is 9.81. The van der Waals surface area contributed by atoms with Crippen LogP contribution in [0.25, 0.3) is 0 Å². The second-order valence-corrected chi connectivity index (χ2v) is 11.0. The van der Waals surface area contributed by atoms with E-state index >= 15 is 0 Å². The minimum absolute atomic E-state index is 0.0138. The fraction of sp³-hybridized carbons (Fsp3) is 0.714. The van der Waals surface area contributed by atoms with Crippen molar-refractivity contribution in [2.24, 2.45) is 17.6 Å². The number of likely N-dealkylation sites (tertiary alicyclic amines) is 1. The molecule has 3 aliphatic rings. The molecule has 3 N–H and O–H groups in total. The minimum Gasteiger partial charge on any atom is -0.375 e. The molecule has 1 aliphatic heterocycles. The first-order chi connectivity index (χ1) is 17.0. The lowest BCUT2D eigenvalue weighted by Gasteiger charge is -2.43. The Morgan fingerprint density at radius 3 is 2.49 bits per heavy atom. The number of ether oxygens (including phenoxy) is 1. The molecule has 1 saturated heterocycles. The number of methoxy groups -OCH3 is 1. The van der Waals surface area contributed by atoms with E-state index in [0.29, 0.717) is 43.4 Å². The van der Waals surface area contributed by atoms with Crippen LogP contribution in [-0.4, -0.2) is 73.1 Å². The molecule has 2 amide bonds. The van der Waals surface area contributed by atoms with E-state index in [1.807, 2.05) is 0 Å². The van der Waals surface area contributed by atoms with Crippen molar-refractivity contribution < 1.29 is 14.3 Å². The van der Waals surface area contributed by atoms with E-state index in [1.54, 1.807) is 4.90 Å². The van der Waals surface area contributed by atoms with Gasteiger partial charge in [-0.15, -0.1) is 0 Å². The molecule has 0 radical (unpaired) electrons. The van der Waals surface area contributed by atoms with Crippen LogP contribution in [0.3, 0.4) is 0 Å². The lowest BCUT2D eigenvalue weighted by Crippen LogP contribution is -2.58. The highest BCUT2D eigenvalue weighted by atomic mass is 16.5. The van der Waals surface area contributed by atoms with Crippen LogP contribution < -0.4 is 11.1 Å². The molecule has 0 bridgehead atoms. The zero-order chi connectivity index (χ0) is 24.8. The number of carbonyl (C=O) groups is 2. The number of aryl methyl sites for hydroxylation is 1. The van der Waals surface area contributed by atoms with Gasteiger partial charge in [-0.05, 0) is 75.8 Å². The largest absolute Gasteiger partial charge is 0.375 e. The summed E-state index contributed by atoms with van der Waals surface area (Å²) < 4.78 is 5.13. The Morgan fingerprint density at radius 1 is 1.06 bits per heavy atom. The third kappa shape index (κ3) is 7.05. The molecule has 7 nitrogen and oxygen atoms in total. The number of nitrogens with one attached hydrogen (secondary N) is 1. The number of carbonyl (C=O) groups excluding carboxylic acids is 2. The third-order valence-electron chi connectivity index (χ3n) is 8.23. The van der Waals surface area contributed by atoms with Gasteiger partial charge < -0.3 is 20.7 Å². The van der Waals surface area contributed by atoms with Crippen molar-refractivity contribution >= 4 is 11.8 Å². The molecule has 1 heterocycles. The van der Waals surface area contributed by atoms with E-state index < -0.39 is 6.04 Å². The van der Waals surface area contributed by atoms with Gasteiger partial charge in [0.15, 0.2) is 0 Å². The summed E-state index contributed by atoms with van der Waals surface area (Å²) in [5.41, 5.74) is 8.49. The van der Waals surface area contributed by atoms with Crippen LogP contribution in [0.5, 0.6) is 0 Å². The summed E-state index contributed by atoms with van der Waals surface area (Å²) in [6.07, 6.45) is 8.61. The summed E-state index contributed by atoms with van der Waals surface area (Å²) in [7, 11) is 1.53. The van der Waals surface area contributed by atoms with Gasteiger partial charge in [0.1, 0.15) is 12.6 Å². The summed E-state index contributed by atoms with van der Waals surface area (Å²) in [4.78, 5) is 30.7. The number of nitrogens with zero attached hydrogens (tertiary/aromatic N) is 2. The average Bonchev–Trinajstić information content (AvgIpc) is 3.72. The molecular formula is C28H44N4O3. The standard InChI is InChI=1S/C28H44N4O3/c1-20-6-8-21(9-7-20)18-32(24-10-11-24)25-12-13-31(27(33)19-35-2)26(15-25)28(34)30-17-23-5-3-4-22(14-23)16-29/h6-9,22-26H,3-5,10-19,29H2,1-2H3,(H,30,34)/t22?,23?,25?,26-/m1/s1. The highest BCUT2D eigenvalue weighted by molar-refractivity contribution is 5.88. The summed E-state index contributed by atoms with van der Waals surface area (Å²) in [6, 6.07) is 9.20. The molecule has 0 spiro atoms. The van der Waals surface area contributed by atoms with Crippen molar-refractivity contribution in [3.8, 4) is 0 Å². The van der Waals surface area contributed by atoms with Crippen molar-refractivity contribution in [2.45, 2.75) is 83.0 Å². The van der Waals surface area contributed by atoms with Crippen LogP contribution in [-0.2, 0) is 20.9 Å². The molecule has 2 aliphatic carbocycles. The van der Waals surface area contributed by atoms with Gasteiger partial charge in [0.05, 0.1) is 0 Å². The van der Waals surface area contributed by atoms with E-state index in [2.05, 4.69) is 41.4 Å². The fourth-order valence-electron chi connectivity index (χ4n) is 6.03. The van der Waals surface area contributed by atoms with Crippen LogP contribution >= 0.6 is 0 Å². The molecule has 3 fully saturated rings. The number of rotatable bonds is 10.